The average Bonchev–Trinajstić information content (AvgIpc) is 2.43. The summed E-state index contributed by atoms with van der Waals surface area (Å²) in [5.41, 5.74) is 7.71. The molecule has 0 spiro atoms. The molecule has 0 aromatic carbocycles. The number of aryl methyl sites for hydroxylation is 1. The number of rotatable bonds is 3. The van der Waals surface area contributed by atoms with Gasteiger partial charge in [0.1, 0.15) is 0 Å². The summed E-state index contributed by atoms with van der Waals surface area (Å²) in [5, 5.41) is 4.17. The lowest BCUT2D eigenvalue weighted by Crippen LogP contribution is -2.03. The van der Waals surface area contributed by atoms with Gasteiger partial charge in [-0.2, -0.15) is 5.10 Å². The Labute approximate surface area is 72.6 Å². The third kappa shape index (κ3) is 1.66. The Hall–Kier alpha value is -1.27. The molecule has 0 atom stereocenters. The third-order valence-electron chi connectivity index (χ3n) is 1.89. The number of terminal acetylenes is 1. The molecule has 3 heteroatoms. The Morgan fingerprint density at radius 1 is 1.75 bits per heavy atom. The van der Waals surface area contributed by atoms with E-state index >= 15 is 0 Å². The van der Waals surface area contributed by atoms with Gasteiger partial charge in [-0.05, 0) is 6.92 Å². The smallest absolute Gasteiger partial charge is 0.0537 e. The highest BCUT2D eigenvalue weighted by atomic mass is 15.3. The van der Waals surface area contributed by atoms with E-state index in [4.69, 9.17) is 12.2 Å². The Balaban J connectivity index is 2.74. The summed E-state index contributed by atoms with van der Waals surface area (Å²) in [4.78, 5) is 0. The Bertz CT molecular complexity index is 293. The van der Waals surface area contributed by atoms with Gasteiger partial charge >= 0.3 is 0 Å². The van der Waals surface area contributed by atoms with Gasteiger partial charge in [-0.1, -0.05) is 0 Å². The number of hydrogen-bond donors (Lipinski definition) is 1. The highest BCUT2D eigenvalue weighted by molar-refractivity contribution is 5.15. The molecule has 0 saturated heterocycles. The topological polar surface area (TPSA) is 43.8 Å². The van der Waals surface area contributed by atoms with Crippen LogP contribution in [0.3, 0.4) is 0 Å². The minimum absolute atomic E-state index is 0.544. The van der Waals surface area contributed by atoms with Gasteiger partial charge in [-0.3, -0.25) is 4.68 Å². The molecule has 1 aromatic heterocycles. The zero-order valence-electron chi connectivity index (χ0n) is 7.25. The van der Waals surface area contributed by atoms with E-state index < -0.39 is 0 Å². The van der Waals surface area contributed by atoms with Crippen LogP contribution in [-0.2, 0) is 13.1 Å². The van der Waals surface area contributed by atoms with Crippen molar-refractivity contribution in [1.29, 1.82) is 0 Å². The van der Waals surface area contributed by atoms with Gasteiger partial charge in [0, 0.05) is 24.2 Å². The summed E-state index contributed by atoms with van der Waals surface area (Å²) in [6.07, 6.45) is 7.66. The fourth-order valence-electron chi connectivity index (χ4n) is 1.08. The highest BCUT2D eigenvalue weighted by Crippen LogP contribution is 2.05. The first-order valence-corrected chi connectivity index (χ1v) is 3.94. The van der Waals surface area contributed by atoms with E-state index in [0.29, 0.717) is 13.0 Å². The molecule has 2 N–H and O–H groups in total. The van der Waals surface area contributed by atoms with Crippen molar-refractivity contribution in [3.05, 3.63) is 17.5 Å². The monoisotopic (exact) mass is 163 g/mol. The molecule has 3 nitrogen and oxygen atoms in total. The quantitative estimate of drug-likeness (QED) is 0.666. The van der Waals surface area contributed by atoms with E-state index in [1.165, 1.54) is 0 Å². The van der Waals surface area contributed by atoms with Gasteiger partial charge < -0.3 is 5.73 Å². The van der Waals surface area contributed by atoms with Crippen LogP contribution in [0.2, 0.25) is 0 Å². The van der Waals surface area contributed by atoms with E-state index in [0.717, 1.165) is 17.8 Å². The van der Waals surface area contributed by atoms with Crippen LogP contribution in [0, 0.1) is 19.3 Å². The molecule has 0 saturated carbocycles. The number of nitrogens with zero attached hydrogens (tertiary/aromatic N) is 2. The molecule has 0 aliphatic heterocycles. The summed E-state index contributed by atoms with van der Waals surface area (Å²) in [7, 11) is 0. The lowest BCUT2D eigenvalue weighted by atomic mass is 10.2. The zero-order valence-corrected chi connectivity index (χ0v) is 7.25. The molecule has 0 aliphatic rings. The molecule has 0 fully saturated rings. The first-order chi connectivity index (χ1) is 5.79. The highest BCUT2D eigenvalue weighted by Gasteiger charge is 2.02. The van der Waals surface area contributed by atoms with Crippen molar-refractivity contribution in [3.8, 4) is 12.3 Å². The third-order valence-corrected chi connectivity index (χ3v) is 1.89. The van der Waals surface area contributed by atoms with Crippen LogP contribution in [0.4, 0.5) is 0 Å². The van der Waals surface area contributed by atoms with Crippen LogP contribution in [0.5, 0.6) is 0 Å². The van der Waals surface area contributed by atoms with Crippen molar-refractivity contribution >= 4 is 0 Å². The molecule has 0 aliphatic carbocycles. The second kappa shape index (κ2) is 3.93. The minimum atomic E-state index is 0.544. The first-order valence-electron chi connectivity index (χ1n) is 3.94. The summed E-state index contributed by atoms with van der Waals surface area (Å²) in [6, 6.07) is 0. The summed E-state index contributed by atoms with van der Waals surface area (Å²) < 4.78 is 1.89. The number of hydrogen-bond acceptors (Lipinski definition) is 2. The molecule has 1 heterocycles. The van der Waals surface area contributed by atoms with E-state index in [9.17, 15) is 0 Å². The molecular weight excluding hydrogens is 150 g/mol. The molecule has 64 valence electrons. The maximum absolute atomic E-state index is 5.50. The van der Waals surface area contributed by atoms with Crippen LogP contribution in [-0.4, -0.2) is 9.78 Å². The second-order valence-electron chi connectivity index (χ2n) is 2.64. The van der Waals surface area contributed by atoms with Crippen LogP contribution in [0.1, 0.15) is 17.7 Å². The van der Waals surface area contributed by atoms with Crippen molar-refractivity contribution in [1.82, 2.24) is 9.78 Å². The Kier molecular flexibility index (Phi) is 2.89. The SMILES string of the molecule is C#CCCn1ncc(CN)c1C. The van der Waals surface area contributed by atoms with Gasteiger partial charge in [0.05, 0.1) is 12.7 Å². The molecule has 1 aromatic rings. The van der Waals surface area contributed by atoms with Crippen LogP contribution in [0.25, 0.3) is 0 Å². The van der Waals surface area contributed by atoms with Gasteiger partial charge in [0.25, 0.3) is 0 Å². The van der Waals surface area contributed by atoms with Crippen molar-refractivity contribution in [3.63, 3.8) is 0 Å². The minimum Gasteiger partial charge on any atom is -0.326 e. The normalized spacial score (nSPS) is 9.75. The maximum atomic E-state index is 5.50. The van der Waals surface area contributed by atoms with Crippen LogP contribution >= 0.6 is 0 Å². The van der Waals surface area contributed by atoms with Crippen LogP contribution < -0.4 is 5.73 Å². The van der Waals surface area contributed by atoms with Crippen LogP contribution in [0.15, 0.2) is 6.20 Å². The van der Waals surface area contributed by atoms with Gasteiger partial charge in [0.2, 0.25) is 0 Å². The van der Waals surface area contributed by atoms with Gasteiger partial charge in [0.15, 0.2) is 0 Å². The molecule has 0 radical (unpaired) electrons. The second-order valence-corrected chi connectivity index (χ2v) is 2.64. The van der Waals surface area contributed by atoms with Gasteiger partial charge in [-0.15, -0.1) is 12.3 Å². The van der Waals surface area contributed by atoms with E-state index in [2.05, 4.69) is 11.0 Å². The van der Waals surface area contributed by atoms with Crippen molar-refractivity contribution < 1.29 is 0 Å². The molecular formula is C9H13N3. The zero-order chi connectivity index (χ0) is 8.97. The van der Waals surface area contributed by atoms with Crippen molar-refractivity contribution in [2.75, 3.05) is 0 Å². The molecule has 0 unspecified atom stereocenters. The molecule has 0 amide bonds. The maximum Gasteiger partial charge on any atom is 0.0537 e. The summed E-state index contributed by atoms with van der Waals surface area (Å²) in [6.45, 7) is 3.33. The predicted molar refractivity (Wildman–Crippen MR) is 48.3 cm³/mol. The van der Waals surface area contributed by atoms with E-state index in [1.807, 2.05) is 11.6 Å². The molecule has 0 bridgehead atoms. The average molecular weight is 163 g/mol. The predicted octanol–water partition coefficient (Wildman–Crippen LogP) is 0.674. The fourth-order valence-corrected chi connectivity index (χ4v) is 1.08. The first kappa shape index (κ1) is 8.82. The van der Waals surface area contributed by atoms with E-state index in [-0.39, 0.29) is 0 Å². The Morgan fingerprint density at radius 2 is 2.50 bits per heavy atom. The number of aromatic nitrogens is 2. The summed E-state index contributed by atoms with van der Waals surface area (Å²) >= 11 is 0. The van der Waals surface area contributed by atoms with E-state index in [1.54, 1.807) is 6.20 Å². The fraction of sp³-hybridized carbons (Fsp3) is 0.444. The Morgan fingerprint density at radius 3 is 3.00 bits per heavy atom. The number of nitrogens with two attached hydrogens (primary N) is 1. The van der Waals surface area contributed by atoms with Crippen molar-refractivity contribution in [2.24, 2.45) is 5.73 Å². The molecule has 12 heavy (non-hydrogen) atoms. The summed E-state index contributed by atoms with van der Waals surface area (Å²) in [5.74, 6) is 2.58. The standard InChI is InChI=1S/C9H13N3/c1-3-4-5-12-8(2)9(6-10)7-11-12/h1,7H,4-6,10H2,2H3. The molecule has 1 rings (SSSR count). The lowest BCUT2D eigenvalue weighted by Gasteiger charge is -2.01. The van der Waals surface area contributed by atoms with Gasteiger partial charge in [-0.25, -0.2) is 0 Å². The largest absolute Gasteiger partial charge is 0.326 e. The lowest BCUT2D eigenvalue weighted by molar-refractivity contribution is 0.611. The van der Waals surface area contributed by atoms with Crippen molar-refractivity contribution in [2.45, 2.75) is 26.4 Å².